The fourth-order valence-electron chi connectivity index (χ4n) is 3.48. The number of fused-ring (bicyclic) bond motifs is 1. The highest BCUT2D eigenvalue weighted by Gasteiger charge is 2.54. The zero-order chi connectivity index (χ0) is 24.6. The van der Waals surface area contributed by atoms with Gasteiger partial charge in [0.1, 0.15) is 23.5 Å². The van der Waals surface area contributed by atoms with Crippen LogP contribution >= 0.6 is 19.5 Å². The third-order valence-corrected chi connectivity index (χ3v) is 7.98. The lowest BCUT2D eigenvalue weighted by molar-refractivity contribution is -0.109. The molecule has 1 aliphatic heterocycles. The number of halogens is 1. The van der Waals surface area contributed by atoms with Crippen LogP contribution in [-0.2, 0) is 23.1 Å². The number of thioether (sulfide) groups is 1. The van der Waals surface area contributed by atoms with Crippen LogP contribution in [-0.4, -0.2) is 80.4 Å². The minimum atomic E-state index is -3.77. The number of anilines is 1. The summed E-state index contributed by atoms with van der Waals surface area (Å²) in [7, 11) is -0.776. The quantitative estimate of drug-likeness (QED) is 0.337. The van der Waals surface area contributed by atoms with E-state index in [-0.39, 0.29) is 40.8 Å². The lowest BCUT2D eigenvalue weighted by Crippen LogP contribution is -2.44. The van der Waals surface area contributed by atoms with E-state index in [1.54, 1.807) is 0 Å². The third-order valence-electron chi connectivity index (χ3n) is 5.24. The number of nitrogen functional groups attached to an aromatic ring is 1. The lowest BCUT2D eigenvalue weighted by Gasteiger charge is -2.28. The van der Waals surface area contributed by atoms with Crippen LogP contribution in [0.2, 0.25) is 0 Å². The molecule has 0 amide bonds. The number of aliphatic hydroxyl groups excluding tert-OH is 1. The molecule has 5 atom stereocenters. The van der Waals surface area contributed by atoms with Crippen LogP contribution in [0.4, 0.5) is 10.1 Å². The second kappa shape index (κ2) is 9.96. The van der Waals surface area contributed by atoms with Gasteiger partial charge in [-0.15, -0.1) is 0 Å². The molecule has 3 heterocycles. The predicted octanol–water partition coefficient (Wildman–Crippen LogP) is 1.75. The number of carbonyl (C=O) groups is 1. The second-order valence-electron chi connectivity index (χ2n) is 7.97. The molecule has 2 aromatic heterocycles. The van der Waals surface area contributed by atoms with Crippen molar-refractivity contribution in [1.29, 1.82) is 0 Å². The van der Waals surface area contributed by atoms with Gasteiger partial charge in [0.05, 0.1) is 18.6 Å². The molecule has 14 heteroatoms. The van der Waals surface area contributed by atoms with Crippen molar-refractivity contribution in [2.24, 2.45) is 0 Å². The topological polar surface area (TPSA) is 149 Å². The minimum Gasteiger partial charge on any atom is -0.398 e. The van der Waals surface area contributed by atoms with Crippen LogP contribution in [0.1, 0.15) is 20.1 Å². The molecule has 1 saturated heterocycles. The van der Waals surface area contributed by atoms with Crippen molar-refractivity contribution in [3.8, 4) is 0 Å². The summed E-state index contributed by atoms with van der Waals surface area (Å²) in [6, 6.07) is 1.45. The van der Waals surface area contributed by atoms with Gasteiger partial charge in [-0.2, -0.15) is 0 Å². The molecule has 0 radical (unpaired) electrons. The number of aromatic nitrogens is 2. The minimum absolute atomic E-state index is 0.00412. The molecule has 184 valence electrons. The smallest absolute Gasteiger partial charge is 0.398 e. The first-order valence-electron chi connectivity index (χ1n) is 10.0. The molecule has 4 N–H and O–H groups in total. The number of aliphatic hydroxyl groups is 2. The zero-order valence-electron chi connectivity index (χ0n) is 18.7. The molecule has 0 saturated carbocycles. The highest BCUT2D eigenvalue weighted by atomic mass is 32.2. The molecule has 0 spiro atoms. The fourth-order valence-corrected chi connectivity index (χ4v) is 5.26. The number of nitrogens with zero attached hydrogens (tertiary/aromatic N) is 3. The fraction of sp³-hybridized carbons (Fsp3) is 0.579. The lowest BCUT2D eigenvalue weighted by atomic mass is 9.96. The maximum absolute atomic E-state index is 14.5. The zero-order valence-corrected chi connectivity index (χ0v) is 20.4. The van der Waals surface area contributed by atoms with Gasteiger partial charge < -0.3 is 25.3 Å². The summed E-state index contributed by atoms with van der Waals surface area (Å²) >= 11 is 1.02. The van der Waals surface area contributed by atoms with Crippen molar-refractivity contribution in [3.05, 3.63) is 24.3 Å². The van der Waals surface area contributed by atoms with Crippen LogP contribution < -0.4 is 5.73 Å². The Morgan fingerprint density at radius 1 is 1.48 bits per heavy atom. The van der Waals surface area contributed by atoms with E-state index < -0.39 is 37.6 Å². The van der Waals surface area contributed by atoms with Gasteiger partial charge in [0.15, 0.2) is 17.2 Å². The molecule has 1 fully saturated rings. The summed E-state index contributed by atoms with van der Waals surface area (Å²) in [5.74, 6) is -0.365. The first kappa shape index (κ1) is 26.0. The van der Waals surface area contributed by atoms with Crippen LogP contribution in [0, 0.1) is 5.82 Å². The summed E-state index contributed by atoms with van der Waals surface area (Å²) < 4.78 is 46.8. The number of hydrogen-bond donors (Lipinski definition) is 3. The Morgan fingerprint density at radius 3 is 2.82 bits per heavy atom. The van der Waals surface area contributed by atoms with Crippen LogP contribution in [0.5, 0.6) is 0 Å². The van der Waals surface area contributed by atoms with E-state index >= 15 is 0 Å². The number of pyridine rings is 1. The van der Waals surface area contributed by atoms with E-state index in [1.165, 1.54) is 49.4 Å². The van der Waals surface area contributed by atoms with E-state index in [0.29, 0.717) is 0 Å². The molecule has 0 aliphatic carbocycles. The van der Waals surface area contributed by atoms with Gasteiger partial charge in [0.25, 0.3) is 0 Å². The summed E-state index contributed by atoms with van der Waals surface area (Å²) in [4.78, 5) is 15.2. The van der Waals surface area contributed by atoms with E-state index in [1.807, 2.05) is 0 Å². The Hall–Kier alpha value is -1.57. The normalized spacial score (nSPS) is 27.3. The Morgan fingerprint density at radius 2 is 2.18 bits per heavy atom. The van der Waals surface area contributed by atoms with Gasteiger partial charge in [-0.1, -0.05) is 11.8 Å². The molecule has 2 unspecified atom stereocenters. The summed E-state index contributed by atoms with van der Waals surface area (Å²) in [5.41, 5.74) is 4.29. The average molecular weight is 506 g/mol. The predicted molar refractivity (Wildman–Crippen MR) is 121 cm³/mol. The number of carbonyl (C=O) groups excluding carboxylic acids is 1. The molecule has 3 rings (SSSR count). The van der Waals surface area contributed by atoms with Crippen molar-refractivity contribution < 1.29 is 37.7 Å². The third kappa shape index (κ3) is 5.25. The average Bonchev–Trinajstić information content (AvgIpc) is 3.18. The van der Waals surface area contributed by atoms with Crippen molar-refractivity contribution >= 4 is 41.3 Å². The molecular formula is C19H28FN4O7PS. The summed E-state index contributed by atoms with van der Waals surface area (Å²) in [6.45, 7) is 2.35. The molecule has 2 aromatic rings. The summed E-state index contributed by atoms with van der Waals surface area (Å²) in [5, 5.41) is 21.6. The van der Waals surface area contributed by atoms with Gasteiger partial charge in [0.2, 0.25) is 0 Å². The van der Waals surface area contributed by atoms with Crippen molar-refractivity contribution in [2.75, 3.05) is 38.8 Å². The molecule has 0 bridgehead atoms. The molecule has 1 aliphatic rings. The largest absolute Gasteiger partial charge is 0.407 e. The van der Waals surface area contributed by atoms with Crippen molar-refractivity contribution in [3.63, 3.8) is 0 Å². The van der Waals surface area contributed by atoms with Gasteiger partial charge in [-0.3, -0.25) is 13.8 Å². The Balaban J connectivity index is 1.76. The van der Waals surface area contributed by atoms with Crippen molar-refractivity contribution in [2.45, 2.75) is 37.9 Å². The van der Waals surface area contributed by atoms with E-state index in [0.717, 1.165) is 18.0 Å². The molecule has 0 aromatic carbocycles. The number of nitrogens with two attached hydrogens (primary N) is 1. The maximum atomic E-state index is 14.5. The molecule has 33 heavy (non-hydrogen) atoms. The van der Waals surface area contributed by atoms with Crippen LogP contribution in [0.3, 0.4) is 0 Å². The van der Waals surface area contributed by atoms with Gasteiger partial charge >= 0.3 is 7.75 Å². The Labute approximate surface area is 194 Å². The number of ether oxygens (including phenoxy) is 1. The number of rotatable bonds is 9. The Kier molecular flexibility index (Phi) is 7.86. The number of hydrogen-bond acceptors (Lipinski definition) is 10. The van der Waals surface area contributed by atoms with E-state index in [4.69, 9.17) is 19.5 Å². The first-order chi connectivity index (χ1) is 15.4. The molecule has 11 nitrogen and oxygen atoms in total. The maximum Gasteiger partial charge on any atom is 0.407 e. The summed E-state index contributed by atoms with van der Waals surface area (Å²) in [6.07, 6.45) is -1.33. The SMILES string of the molecule is CC(=O)SCCOP(=O)(OC[C@H]1O[C@@H](n2cc(F)c3c(N)ccnc32)[C@@](C)(O)C1O)N(C)C. The highest BCUT2D eigenvalue weighted by Crippen LogP contribution is 2.51. The van der Waals surface area contributed by atoms with Gasteiger partial charge in [-0.25, -0.2) is 18.6 Å². The first-order valence-corrected chi connectivity index (χ1v) is 12.5. The van der Waals surface area contributed by atoms with Crippen LogP contribution in [0.15, 0.2) is 18.5 Å². The molecular weight excluding hydrogens is 478 g/mol. The Bertz CT molecular complexity index is 1070. The highest BCUT2D eigenvalue weighted by molar-refractivity contribution is 8.13. The second-order valence-corrected chi connectivity index (χ2v) is 11.5. The standard InChI is InChI=1S/C19H28FN4O7PS/c1-11(25)33-8-7-29-32(28,23(3)4)30-10-14-16(26)19(2,27)18(31-14)24-9-12(20)15-13(21)5-6-22-17(15)24/h5-6,9,14,16,18,26-27H,7-8,10H2,1-4H3,(H2,21,22)/t14-,16?,18-,19+,32?/m1/s1. The van der Waals surface area contributed by atoms with E-state index in [9.17, 15) is 24.0 Å². The monoisotopic (exact) mass is 506 g/mol. The van der Waals surface area contributed by atoms with Gasteiger partial charge in [0, 0.05) is 30.8 Å². The van der Waals surface area contributed by atoms with Crippen molar-refractivity contribution in [1.82, 2.24) is 14.2 Å². The van der Waals surface area contributed by atoms with Crippen LogP contribution in [0.25, 0.3) is 11.0 Å². The van der Waals surface area contributed by atoms with Gasteiger partial charge in [-0.05, 0) is 27.1 Å². The van der Waals surface area contributed by atoms with E-state index in [2.05, 4.69) is 4.98 Å².